The van der Waals surface area contributed by atoms with Crippen molar-refractivity contribution in [2.75, 3.05) is 24.7 Å². The number of hydrogen-bond donors (Lipinski definition) is 3. The summed E-state index contributed by atoms with van der Waals surface area (Å²) in [7, 11) is 3.16. The lowest BCUT2D eigenvalue weighted by Gasteiger charge is -2.15. The number of anilines is 2. The van der Waals surface area contributed by atoms with Gasteiger partial charge in [-0.3, -0.25) is 10.1 Å². The van der Waals surface area contributed by atoms with Crippen LogP contribution >= 0.6 is 15.9 Å². The second kappa shape index (κ2) is 10.6. The van der Waals surface area contributed by atoms with Crippen LogP contribution in [0.3, 0.4) is 0 Å². The van der Waals surface area contributed by atoms with Gasteiger partial charge in [0.2, 0.25) is 0 Å². The lowest BCUT2D eigenvalue weighted by atomic mass is 10.1. The van der Waals surface area contributed by atoms with E-state index in [0.29, 0.717) is 11.4 Å². The summed E-state index contributed by atoms with van der Waals surface area (Å²) in [6, 6.07) is 10.4. The first-order chi connectivity index (χ1) is 15.7. The SMILES string of the molecule is Cc1cc(NC(=O)NC(=O)c2ccccc2NC(=O)N(C)C)ccc1Oc1ncc(Br)cn1. The van der Waals surface area contributed by atoms with E-state index in [2.05, 4.69) is 41.8 Å². The zero-order chi connectivity index (χ0) is 24.0. The Labute approximate surface area is 198 Å². The molecule has 1 aromatic heterocycles. The number of aromatic nitrogens is 2. The first kappa shape index (κ1) is 23.7. The molecule has 11 heteroatoms. The number of para-hydroxylation sites is 1. The van der Waals surface area contributed by atoms with Gasteiger partial charge in [-0.15, -0.1) is 0 Å². The fourth-order valence-electron chi connectivity index (χ4n) is 2.64. The summed E-state index contributed by atoms with van der Waals surface area (Å²) in [5.41, 5.74) is 1.62. The minimum absolute atomic E-state index is 0.150. The van der Waals surface area contributed by atoms with Crippen LogP contribution in [0.1, 0.15) is 15.9 Å². The Bertz CT molecular complexity index is 1180. The molecule has 0 aliphatic rings. The van der Waals surface area contributed by atoms with E-state index in [1.807, 2.05) is 0 Å². The summed E-state index contributed by atoms with van der Waals surface area (Å²) in [6.45, 7) is 1.80. The number of hydrogen-bond acceptors (Lipinski definition) is 6. The standard InChI is InChI=1S/C22H21BrN6O4/c1-13-10-15(8-9-18(13)33-21-24-11-14(23)12-25-21)26-20(31)28-19(30)16-6-4-5-7-17(16)27-22(32)29(2)3/h4-12H,1-3H3,(H,27,32)(H2,26,28,30,31). The second-order valence-corrected chi connectivity index (χ2v) is 7.96. The first-order valence-corrected chi connectivity index (χ1v) is 10.5. The van der Waals surface area contributed by atoms with Gasteiger partial charge in [0.1, 0.15) is 5.75 Å². The van der Waals surface area contributed by atoms with Crippen LogP contribution in [0, 0.1) is 6.92 Å². The lowest BCUT2D eigenvalue weighted by Crippen LogP contribution is -2.35. The summed E-state index contributed by atoms with van der Waals surface area (Å²) >= 11 is 3.26. The third kappa shape index (κ3) is 6.50. The number of aryl methyl sites for hydroxylation is 1. The third-order valence-electron chi connectivity index (χ3n) is 4.28. The van der Waals surface area contributed by atoms with Gasteiger partial charge in [-0.2, -0.15) is 0 Å². The van der Waals surface area contributed by atoms with E-state index in [1.165, 1.54) is 11.0 Å². The maximum absolute atomic E-state index is 12.6. The van der Waals surface area contributed by atoms with Gasteiger partial charge in [0.05, 0.1) is 15.7 Å². The topological polar surface area (TPSA) is 126 Å². The molecule has 3 N–H and O–H groups in total. The number of rotatable bonds is 5. The van der Waals surface area contributed by atoms with E-state index in [4.69, 9.17) is 4.74 Å². The molecule has 10 nitrogen and oxygen atoms in total. The van der Waals surface area contributed by atoms with Gasteiger partial charge in [-0.25, -0.2) is 19.6 Å². The number of halogens is 1. The highest BCUT2D eigenvalue weighted by molar-refractivity contribution is 9.10. The number of urea groups is 2. The van der Waals surface area contributed by atoms with Crippen molar-refractivity contribution in [3.05, 3.63) is 70.5 Å². The quantitative estimate of drug-likeness (QED) is 0.465. The van der Waals surface area contributed by atoms with Crippen LogP contribution in [0.25, 0.3) is 0 Å². The molecule has 5 amide bonds. The van der Waals surface area contributed by atoms with Crippen molar-refractivity contribution in [2.45, 2.75) is 6.92 Å². The molecule has 2 aromatic carbocycles. The number of benzene rings is 2. The Morgan fingerprint density at radius 2 is 1.70 bits per heavy atom. The molecule has 0 aliphatic carbocycles. The molecule has 3 rings (SSSR count). The van der Waals surface area contributed by atoms with Gasteiger partial charge in [0.15, 0.2) is 0 Å². The highest BCUT2D eigenvalue weighted by Gasteiger charge is 2.16. The van der Waals surface area contributed by atoms with E-state index in [9.17, 15) is 14.4 Å². The summed E-state index contributed by atoms with van der Waals surface area (Å²) in [5.74, 6) is -0.142. The number of nitrogens with zero attached hydrogens (tertiary/aromatic N) is 3. The Hall–Kier alpha value is -3.99. The van der Waals surface area contributed by atoms with Crippen LogP contribution in [0.5, 0.6) is 11.8 Å². The van der Waals surface area contributed by atoms with Crippen LogP contribution in [0.15, 0.2) is 59.3 Å². The van der Waals surface area contributed by atoms with Gasteiger partial charge in [-0.1, -0.05) is 12.1 Å². The highest BCUT2D eigenvalue weighted by atomic mass is 79.9. The van der Waals surface area contributed by atoms with E-state index in [0.717, 1.165) is 10.0 Å². The van der Waals surface area contributed by atoms with E-state index in [1.54, 1.807) is 69.8 Å². The van der Waals surface area contributed by atoms with Crippen LogP contribution in [0.2, 0.25) is 0 Å². The van der Waals surface area contributed by atoms with Crippen LogP contribution < -0.4 is 20.7 Å². The smallest absolute Gasteiger partial charge is 0.326 e. The number of imide groups is 1. The van der Waals surface area contributed by atoms with Crippen molar-refractivity contribution in [3.63, 3.8) is 0 Å². The van der Waals surface area contributed by atoms with Crippen molar-refractivity contribution < 1.29 is 19.1 Å². The Kier molecular flexibility index (Phi) is 7.57. The molecule has 1 heterocycles. The summed E-state index contributed by atoms with van der Waals surface area (Å²) in [5, 5.41) is 7.48. The van der Waals surface area contributed by atoms with Crippen molar-refractivity contribution in [1.82, 2.24) is 20.2 Å². The molecule has 0 spiro atoms. The Balaban J connectivity index is 1.64. The predicted octanol–water partition coefficient (Wildman–Crippen LogP) is 4.40. The maximum Gasteiger partial charge on any atom is 0.326 e. The van der Waals surface area contributed by atoms with Gasteiger partial charge >= 0.3 is 18.1 Å². The van der Waals surface area contributed by atoms with Crippen molar-refractivity contribution in [1.29, 1.82) is 0 Å². The van der Waals surface area contributed by atoms with Gasteiger partial charge in [0.25, 0.3) is 5.91 Å². The zero-order valence-electron chi connectivity index (χ0n) is 18.0. The fourth-order valence-corrected chi connectivity index (χ4v) is 2.85. The van der Waals surface area contributed by atoms with Crippen molar-refractivity contribution >= 4 is 45.3 Å². The monoisotopic (exact) mass is 512 g/mol. The largest absolute Gasteiger partial charge is 0.424 e. The molecule has 0 saturated heterocycles. The second-order valence-electron chi connectivity index (χ2n) is 7.04. The van der Waals surface area contributed by atoms with Gasteiger partial charge in [-0.05, 0) is 58.7 Å². The first-order valence-electron chi connectivity index (χ1n) is 9.68. The molecular weight excluding hydrogens is 492 g/mol. The fraction of sp³-hybridized carbons (Fsp3) is 0.136. The molecule has 0 fully saturated rings. The highest BCUT2D eigenvalue weighted by Crippen LogP contribution is 2.25. The van der Waals surface area contributed by atoms with Gasteiger partial charge < -0.3 is 20.3 Å². The van der Waals surface area contributed by atoms with Crippen molar-refractivity contribution in [2.24, 2.45) is 0 Å². The number of carbonyl (C=O) groups is 3. The Morgan fingerprint density at radius 1 is 1.00 bits per heavy atom. The van der Waals surface area contributed by atoms with Gasteiger partial charge in [0, 0.05) is 32.2 Å². The summed E-state index contributed by atoms with van der Waals surface area (Å²) in [4.78, 5) is 46.3. The van der Waals surface area contributed by atoms with Crippen LogP contribution in [0.4, 0.5) is 21.0 Å². The Morgan fingerprint density at radius 3 is 2.36 bits per heavy atom. The molecule has 0 bridgehead atoms. The van der Waals surface area contributed by atoms with E-state index < -0.39 is 18.0 Å². The number of ether oxygens (including phenoxy) is 1. The molecule has 0 aliphatic heterocycles. The maximum atomic E-state index is 12.6. The summed E-state index contributed by atoms with van der Waals surface area (Å²) < 4.78 is 6.38. The normalized spacial score (nSPS) is 10.2. The lowest BCUT2D eigenvalue weighted by molar-refractivity contribution is 0.0968. The minimum atomic E-state index is -0.724. The third-order valence-corrected chi connectivity index (χ3v) is 4.69. The molecule has 3 aromatic rings. The van der Waals surface area contributed by atoms with E-state index >= 15 is 0 Å². The number of amides is 5. The molecule has 0 saturated carbocycles. The molecule has 170 valence electrons. The molecular formula is C22H21BrN6O4. The predicted molar refractivity (Wildman–Crippen MR) is 127 cm³/mol. The average molecular weight is 513 g/mol. The summed E-state index contributed by atoms with van der Waals surface area (Å²) in [6.07, 6.45) is 3.14. The van der Waals surface area contributed by atoms with E-state index in [-0.39, 0.29) is 17.3 Å². The number of carbonyl (C=O) groups excluding carboxylic acids is 3. The number of nitrogens with one attached hydrogen (secondary N) is 3. The molecule has 0 unspecified atom stereocenters. The van der Waals surface area contributed by atoms with Crippen LogP contribution in [-0.2, 0) is 0 Å². The zero-order valence-corrected chi connectivity index (χ0v) is 19.6. The molecule has 33 heavy (non-hydrogen) atoms. The minimum Gasteiger partial charge on any atom is -0.424 e. The average Bonchev–Trinajstić information content (AvgIpc) is 2.77. The van der Waals surface area contributed by atoms with Crippen LogP contribution in [-0.4, -0.2) is 46.9 Å². The van der Waals surface area contributed by atoms with Crippen molar-refractivity contribution in [3.8, 4) is 11.8 Å². The molecule has 0 radical (unpaired) electrons. The molecule has 0 atom stereocenters.